The highest BCUT2D eigenvalue weighted by atomic mass is 16.3. The number of fused-ring (bicyclic) bond motifs is 1. The lowest BCUT2D eigenvalue weighted by molar-refractivity contribution is 0.102. The molecule has 1 fully saturated rings. The summed E-state index contributed by atoms with van der Waals surface area (Å²) in [5, 5.41) is 7.44. The molecule has 2 heterocycles. The second-order valence-corrected chi connectivity index (χ2v) is 7.46. The normalized spacial score (nSPS) is 13.7. The summed E-state index contributed by atoms with van der Waals surface area (Å²) in [7, 11) is 0. The van der Waals surface area contributed by atoms with Crippen LogP contribution in [0.1, 0.15) is 53.2 Å². The van der Waals surface area contributed by atoms with Crippen LogP contribution in [-0.4, -0.2) is 20.7 Å². The summed E-state index contributed by atoms with van der Waals surface area (Å²) in [6.45, 7) is 2.68. The van der Waals surface area contributed by atoms with Crippen molar-refractivity contribution in [2.75, 3.05) is 5.32 Å². The average Bonchev–Trinajstić information content (AvgIpc) is 3.38. The molecule has 29 heavy (non-hydrogen) atoms. The second kappa shape index (κ2) is 7.20. The van der Waals surface area contributed by atoms with Crippen molar-refractivity contribution in [1.82, 2.24) is 14.8 Å². The molecular formula is C23H22N4O2. The quantitative estimate of drug-likeness (QED) is 0.518. The molecular weight excluding hydrogens is 364 g/mol. The molecule has 2 aromatic heterocycles. The largest absolute Gasteiger partial charge is 0.440 e. The summed E-state index contributed by atoms with van der Waals surface area (Å²) in [6.07, 6.45) is 4.66. The van der Waals surface area contributed by atoms with E-state index < -0.39 is 0 Å². The summed E-state index contributed by atoms with van der Waals surface area (Å²) in [6, 6.07) is 15.7. The van der Waals surface area contributed by atoms with Gasteiger partial charge in [-0.2, -0.15) is 5.10 Å². The topological polar surface area (TPSA) is 73.0 Å². The van der Waals surface area contributed by atoms with Gasteiger partial charge in [-0.25, -0.2) is 4.98 Å². The van der Waals surface area contributed by atoms with Gasteiger partial charge in [0.05, 0.1) is 24.0 Å². The number of carbonyl (C=O) groups is 1. The van der Waals surface area contributed by atoms with Crippen LogP contribution >= 0.6 is 0 Å². The molecule has 0 saturated heterocycles. The molecule has 2 aromatic carbocycles. The molecule has 0 spiro atoms. The summed E-state index contributed by atoms with van der Waals surface area (Å²) in [5.74, 6) is 1.10. The maximum absolute atomic E-state index is 12.9. The molecule has 4 aromatic rings. The third kappa shape index (κ3) is 3.53. The summed E-state index contributed by atoms with van der Waals surface area (Å²) >= 11 is 0. The molecule has 0 bridgehead atoms. The first kappa shape index (κ1) is 17.7. The number of nitrogens with zero attached hydrogens (tertiary/aromatic N) is 3. The van der Waals surface area contributed by atoms with Gasteiger partial charge in [0, 0.05) is 11.6 Å². The van der Waals surface area contributed by atoms with Gasteiger partial charge in [-0.15, -0.1) is 0 Å². The van der Waals surface area contributed by atoms with Crippen LogP contribution in [0.2, 0.25) is 0 Å². The van der Waals surface area contributed by atoms with E-state index in [0.29, 0.717) is 23.7 Å². The first-order valence-electron chi connectivity index (χ1n) is 10.0. The van der Waals surface area contributed by atoms with Crippen LogP contribution in [0, 0.1) is 0 Å². The third-order valence-corrected chi connectivity index (χ3v) is 5.29. The Balaban J connectivity index is 1.37. The van der Waals surface area contributed by atoms with Crippen LogP contribution in [0.15, 0.2) is 59.1 Å². The van der Waals surface area contributed by atoms with Crippen molar-refractivity contribution >= 4 is 22.7 Å². The predicted octanol–water partition coefficient (Wildman–Crippen LogP) is 4.76. The third-order valence-electron chi connectivity index (χ3n) is 5.29. The van der Waals surface area contributed by atoms with E-state index in [2.05, 4.69) is 27.5 Å². The molecule has 0 aliphatic heterocycles. The monoisotopic (exact) mass is 386 g/mol. The Labute approximate surface area is 168 Å². The maximum Gasteiger partial charge on any atom is 0.259 e. The number of oxazole rings is 1. The van der Waals surface area contributed by atoms with Crippen LogP contribution in [0.5, 0.6) is 0 Å². The average molecular weight is 386 g/mol. The molecule has 1 N–H and O–H groups in total. The van der Waals surface area contributed by atoms with Crippen molar-refractivity contribution in [2.45, 2.75) is 38.6 Å². The van der Waals surface area contributed by atoms with Crippen LogP contribution in [0.3, 0.4) is 0 Å². The fraction of sp³-hybridized carbons (Fsp3) is 0.261. The van der Waals surface area contributed by atoms with Crippen molar-refractivity contribution in [3.63, 3.8) is 0 Å². The molecule has 0 radical (unpaired) electrons. The van der Waals surface area contributed by atoms with Gasteiger partial charge >= 0.3 is 0 Å². The minimum Gasteiger partial charge on any atom is -0.440 e. The lowest BCUT2D eigenvalue weighted by Crippen LogP contribution is -2.15. The summed E-state index contributed by atoms with van der Waals surface area (Å²) < 4.78 is 7.69. The zero-order valence-electron chi connectivity index (χ0n) is 16.3. The molecule has 0 unspecified atom stereocenters. The highest BCUT2D eigenvalue weighted by Gasteiger charge is 2.29. The van der Waals surface area contributed by atoms with Crippen molar-refractivity contribution in [3.8, 4) is 0 Å². The Bertz CT molecular complexity index is 1170. The van der Waals surface area contributed by atoms with Crippen LogP contribution in [0.4, 0.5) is 5.69 Å². The number of hydrogen-bond donors (Lipinski definition) is 1. The van der Waals surface area contributed by atoms with Gasteiger partial charge < -0.3 is 9.73 Å². The Hall–Kier alpha value is -3.41. The zero-order chi connectivity index (χ0) is 19.8. The first-order valence-corrected chi connectivity index (χ1v) is 10.0. The molecule has 5 rings (SSSR count). The van der Waals surface area contributed by atoms with E-state index in [1.54, 1.807) is 6.20 Å². The molecule has 1 aliphatic rings. The number of aromatic nitrogens is 3. The van der Waals surface area contributed by atoms with Crippen molar-refractivity contribution < 1.29 is 9.21 Å². The van der Waals surface area contributed by atoms with Crippen molar-refractivity contribution in [3.05, 3.63) is 77.4 Å². The Morgan fingerprint density at radius 3 is 2.79 bits per heavy atom. The molecule has 6 heteroatoms. The van der Waals surface area contributed by atoms with E-state index in [-0.39, 0.29) is 5.91 Å². The van der Waals surface area contributed by atoms with Crippen LogP contribution in [0.25, 0.3) is 11.1 Å². The van der Waals surface area contributed by atoms with Gasteiger partial charge in [-0.3, -0.25) is 9.48 Å². The van der Waals surface area contributed by atoms with E-state index in [1.807, 2.05) is 48.0 Å². The number of carbonyl (C=O) groups excluding carboxylic acids is 1. The van der Waals surface area contributed by atoms with Crippen molar-refractivity contribution in [1.29, 1.82) is 0 Å². The fourth-order valence-electron chi connectivity index (χ4n) is 3.59. The highest BCUT2D eigenvalue weighted by molar-refractivity contribution is 6.05. The maximum atomic E-state index is 12.9. The summed E-state index contributed by atoms with van der Waals surface area (Å²) in [5.41, 5.74) is 4.92. The number of anilines is 1. The fourth-order valence-corrected chi connectivity index (χ4v) is 3.59. The lowest BCUT2D eigenvalue weighted by Gasteiger charge is -2.09. The Morgan fingerprint density at radius 2 is 2.03 bits per heavy atom. The molecule has 1 amide bonds. The molecule has 6 nitrogen and oxygen atoms in total. The van der Waals surface area contributed by atoms with Gasteiger partial charge in [0.15, 0.2) is 11.5 Å². The number of nitrogens with one attached hydrogen (secondary N) is 1. The predicted molar refractivity (Wildman–Crippen MR) is 111 cm³/mol. The minimum atomic E-state index is -0.161. The van der Waals surface area contributed by atoms with Gasteiger partial charge in [-0.1, -0.05) is 37.3 Å². The Kier molecular flexibility index (Phi) is 4.39. The highest BCUT2D eigenvalue weighted by Crippen LogP contribution is 2.40. The number of benzene rings is 2. The minimum absolute atomic E-state index is 0.161. The van der Waals surface area contributed by atoms with E-state index in [4.69, 9.17) is 4.42 Å². The summed E-state index contributed by atoms with van der Waals surface area (Å²) in [4.78, 5) is 17.5. The molecule has 0 atom stereocenters. The van der Waals surface area contributed by atoms with Gasteiger partial charge in [0.1, 0.15) is 5.52 Å². The van der Waals surface area contributed by atoms with Crippen LogP contribution < -0.4 is 5.32 Å². The van der Waals surface area contributed by atoms with E-state index in [9.17, 15) is 4.79 Å². The van der Waals surface area contributed by atoms with Gasteiger partial charge in [-0.05, 0) is 43.0 Å². The van der Waals surface area contributed by atoms with E-state index >= 15 is 0 Å². The first-order chi connectivity index (χ1) is 14.2. The lowest BCUT2D eigenvalue weighted by atomic mass is 10.1. The Morgan fingerprint density at radius 1 is 1.21 bits per heavy atom. The SMILES string of the molecule is CCc1c(C(=O)Nc2ccc3oc(C4CC4)nc3c2)cnn1Cc1ccccc1. The molecule has 1 saturated carbocycles. The number of rotatable bonds is 6. The smallest absolute Gasteiger partial charge is 0.259 e. The zero-order valence-corrected chi connectivity index (χ0v) is 16.3. The van der Waals surface area contributed by atoms with Crippen LogP contribution in [-0.2, 0) is 13.0 Å². The number of hydrogen-bond acceptors (Lipinski definition) is 4. The molecule has 1 aliphatic carbocycles. The van der Waals surface area contributed by atoms with E-state index in [0.717, 1.165) is 47.5 Å². The standard InChI is InChI=1S/C23H22N4O2/c1-2-20-18(13-24-27(20)14-15-6-4-3-5-7-15)22(28)25-17-10-11-21-19(12-17)26-23(29-21)16-8-9-16/h3-7,10-13,16H,2,8-9,14H2,1H3,(H,25,28). The van der Waals surface area contributed by atoms with Crippen molar-refractivity contribution in [2.24, 2.45) is 0 Å². The second-order valence-electron chi connectivity index (χ2n) is 7.46. The van der Waals surface area contributed by atoms with Gasteiger partial charge in [0.25, 0.3) is 5.91 Å². The van der Waals surface area contributed by atoms with E-state index in [1.165, 1.54) is 0 Å². The van der Waals surface area contributed by atoms with Gasteiger partial charge in [0.2, 0.25) is 0 Å². The molecule has 146 valence electrons. The number of amides is 1.